The van der Waals surface area contributed by atoms with Gasteiger partial charge in [-0.3, -0.25) is 9.59 Å². The van der Waals surface area contributed by atoms with Crippen molar-refractivity contribution >= 4 is 17.5 Å². The minimum atomic E-state index is -0.412. The summed E-state index contributed by atoms with van der Waals surface area (Å²) in [5.74, 6) is 0.711. The summed E-state index contributed by atoms with van der Waals surface area (Å²) < 4.78 is 5.61. The normalized spacial score (nSPS) is 18.2. The van der Waals surface area contributed by atoms with Gasteiger partial charge in [-0.25, -0.2) is 0 Å². The topological polar surface area (TPSA) is 58.6 Å². The first-order chi connectivity index (χ1) is 11.7. The Balaban J connectivity index is 1.95. The standard InChI is InChI=1S/C20H30N2O3/c1-14(2)25-17-10-8-16(9-11-17)21-18(23)15-7-6-12-22(13-15)19(24)20(3,4)5/h8-11,14-15H,6-7,12-13H2,1-5H3,(H,21,23). The van der Waals surface area contributed by atoms with E-state index >= 15 is 0 Å². The summed E-state index contributed by atoms with van der Waals surface area (Å²) in [5, 5.41) is 2.96. The van der Waals surface area contributed by atoms with Crippen LogP contribution < -0.4 is 10.1 Å². The minimum absolute atomic E-state index is 0.0241. The van der Waals surface area contributed by atoms with E-state index in [2.05, 4.69) is 5.32 Å². The second-order valence-corrected chi connectivity index (χ2v) is 8.02. The zero-order chi connectivity index (χ0) is 18.6. The monoisotopic (exact) mass is 346 g/mol. The number of benzene rings is 1. The Bertz CT molecular complexity index is 602. The number of ether oxygens (including phenoxy) is 1. The lowest BCUT2D eigenvalue weighted by atomic mass is 9.91. The Labute approximate surface area is 150 Å². The highest BCUT2D eigenvalue weighted by atomic mass is 16.5. The highest BCUT2D eigenvalue weighted by Crippen LogP contribution is 2.25. The minimum Gasteiger partial charge on any atom is -0.491 e. The molecule has 25 heavy (non-hydrogen) atoms. The third-order valence-electron chi connectivity index (χ3n) is 4.21. The number of hydrogen-bond donors (Lipinski definition) is 1. The van der Waals surface area contributed by atoms with Gasteiger partial charge in [0, 0.05) is 24.2 Å². The summed E-state index contributed by atoms with van der Waals surface area (Å²) in [6, 6.07) is 7.39. The predicted molar refractivity (Wildman–Crippen MR) is 99.6 cm³/mol. The van der Waals surface area contributed by atoms with Crippen LogP contribution in [0.5, 0.6) is 5.75 Å². The lowest BCUT2D eigenvalue weighted by Crippen LogP contribution is -2.47. The zero-order valence-electron chi connectivity index (χ0n) is 16.0. The molecule has 1 aromatic carbocycles. The third kappa shape index (κ3) is 5.48. The Morgan fingerprint density at radius 2 is 1.84 bits per heavy atom. The van der Waals surface area contributed by atoms with Gasteiger partial charge in [0.25, 0.3) is 0 Å². The summed E-state index contributed by atoms with van der Waals surface area (Å²) in [6.07, 6.45) is 1.80. The van der Waals surface area contributed by atoms with Crippen molar-refractivity contribution < 1.29 is 14.3 Å². The summed E-state index contributed by atoms with van der Waals surface area (Å²) in [6.45, 7) is 10.9. The molecule has 1 aliphatic heterocycles. The molecule has 138 valence electrons. The van der Waals surface area contributed by atoms with Gasteiger partial charge in [-0.1, -0.05) is 20.8 Å². The molecule has 0 bridgehead atoms. The molecule has 1 aliphatic rings. The van der Waals surface area contributed by atoms with Crippen LogP contribution in [0.4, 0.5) is 5.69 Å². The number of likely N-dealkylation sites (tertiary alicyclic amines) is 1. The van der Waals surface area contributed by atoms with Crippen molar-refractivity contribution in [2.24, 2.45) is 11.3 Å². The molecule has 2 amide bonds. The van der Waals surface area contributed by atoms with Crippen LogP contribution in [-0.4, -0.2) is 35.9 Å². The molecule has 1 aromatic rings. The van der Waals surface area contributed by atoms with Gasteiger partial charge >= 0.3 is 0 Å². The number of carbonyl (C=O) groups excluding carboxylic acids is 2. The Kier molecular flexibility index (Phi) is 6.09. The first-order valence-electron chi connectivity index (χ1n) is 9.04. The molecule has 0 aliphatic carbocycles. The van der Waals surface area contributed by atoms with E-state index in [0.717, 1.165) is 30.8 Å². The quantitative estimate of drug-likeness (QED) is 0.904. The predicted octanol–water partition coefficient (Wildman–Crippen LogP) is 3.70. The van der Waals surface area contributed by atoms with E-state index in [1.165, 1.54) is 0 Å². The number of nitrogens with zero attached hydrogens (tertiary/aromatic N) is 1. The summed E-state index contributed by atoms with van der Waals surface area (Å²) in [4.78, 5) is 26.8. The molecule has 0 radical (unpaired) electrons. The number of hydrogen-bond acceptors (Lipinski definition) is 3. The van der Waals surface area contributed by atoms with Crippen molar-refractivity contribution in [3.05, 3.63) is 24.3 Å². The molecule has 1 N–H and O–H groups in total. The van der Waals surface area contributed by atoms with Crippen LogP contribution in [0.25, 0.3) is 0 Å². The molecule has 5 nitrogen and oxygen atoms in total. The summed E-state index contributed by atoms with van der Waals surface area (Å²) in [5.41, 5.74) is 0.338. The van der Waals surface area contributed by atoms with Gasteiger partial charge in [-0.15, -0.1) is 0 Å². The first kappa shape index (κ1) is 19.3. The zero-order valence-corrected chi connectivity index (χ0v) is 16.0. The van der Waals surface area contributed by atoms with Crippen molar-refractivity contribution in [3.8, 4) is 5.75 Å². The van der Waals surface area contributed by atoms with Crippen molar-refractivity contribution in [1.29, 1.82) is 0 Å². The Hall–Kier alpha value is -2.04. The van der Waals surface area contributed by atoms with Crippen LogP contribution in [0.1, 0.15) is 47.5 Å². The van der Waals surface area contributed by atoms with E-state index in [1.54, 1.807) is 0 Å². The van der Waals surface area contributed by atoms with Gasteiger partial charge in [0.2, 0.25) is 11.8 Å². The third-order valence-corrected chi connectivity index (χ3v) is 4.21. The Morgan fingerprint density at radius 3 is 2.40 bits per heavy atom. The first-order valence-corrected chi connectivity index (χ1v) is 9.04. The van der Waals surface area contributed by atoms with E-state index in [1.807, 2.05) is 63.8 Å². The van der Waals surface area contributed by atoms with Gasteiger partial charge in [0.15, 0.2) is 0 Å². The molecule has 1 heterocycles. The average molecular weight is 346 g/mol. The Morgan fingerprint density at radius 1 is 1.20 bits per heavy atom. The molecular weight excluding hydrogens is 316 g/mol. The molecule has 1 unspecified atom stereocenters. The molecule has 1 fully saturated rings. The molecule has 0 aromatic heterocycles. The average Bonchev–Trinajstić information content (AvgIpc) is 2.54. The maximum atomic E-state index is 12.6. The molecule has 2 rings (SSSR count). The van der Waals surface area contributed by atoms with E-state index in [0.29, 0.717) is 6.54 Å². The number of carbonyl (C=O) groups is 2. The largest absolute Gasteiger partial charge is 0.491 e. The van der Waals surface area contributed by atoms with Crippen molar-refractivity contribution in [2.45, 2.75) is 53.6 Å². The highest BCUT2D eigenvalue weighted by Gasteiger charge is 2.33. The van der Waals surface area contributed by atoms with Crippen molar-refractivity contribution in [1.82, 2.24) is 4.90 Å². The SMILES string of the molecule is CC(C)Oc1ccc(NC(=O)C2CCCN(C(=O)C(C)(C)C)C2)cc1. The molecule has 5 heteroatoms. The second-order valence-electron chi connectivity index (χ2n) is 8.02. The lowest BCUT2D eigenvalue weighted by molar-refractivity contribution is -0.142. The molecular formula is C20H30N2O3. The number of amides is 2. The fourth-order valence-corrected chi connectivity index (χ4v) is 2.98. The smallest absolute Gasteiger partial charge is 0.229 e. The van der Waals surface area contributed by atoms with Crippen LogP contribution in [0.2, 0.25) is 0 Å². The second kappa shape index (κ2) is 7.89. The molecule has 0 saturated carbocycles. The molecule has 1 atom stereocenters. The number of nitrogens with one attached hydrogen (secondary N) is 1. The number of anilines is 1. The van der Waals surface area contributed by atoms with Crippen LogP contribution in [0.15, 0.2) is 24.3 Å². The lowest BCUT2D eigenvalue weighted by Gasteiger charge is -2.35. The summed E-state index contributed by atoms with van der Waals surface area (Å²) in [7, 11) is 0. The fourth-order valence-electron chi connectivity index (χ4n) is 2.98. The maximum Gasteiger partial charge on any atom is 0.229 e. The van der Waals surface area contributed by atoms with Crippen molar-refractivity contribution in [2.75, 3.05) is 18.4 Å². The van der Waals surface area contributed by atoms with Crippen LogP contribution in [0.3, 0.4) is 0 Å². The van der Waals surface area contributed by atoms with E-state index in [-0.39, 0.29) is 23.8 Å². The maximum absolute atomic E-state index is 12.6. The van der Waals surface area contributed by atoms with Gasteiger partial charge in [0.05, 0.1) is 12.0 Å². The van der Waals surface area contributed by atoms with Crippen LogP contribution in [0, 0.1) is 11.3 Å². The molecule has 0 spiro atoms. The van der Waals surface area contributed by atoms with Gasteiger partial charge in [-0.05, 0) is 51.0 Å². The van der Waals surface area contributed by atoms with Crippen molar-refractivity contribution in [3.63, 3.8) is 0 Å². The van der Waals surface area contributed by atoms with E-state index in [4.69, 9.17) is 4.74 Å². The van der Waals surface area contributed by atoms with Crippen LogP contribution in [-0.2, 0) is 9.59 Å². The van der Waals surface area contributed by atoms with Crippen LogP contribution >= 0.6 is 0 Å². The number of rotatable bonds is 4. The fraction of sp³-hybridized carbons (Fsp3) is 0.600. The van der Waals surface area contributed by atoms with E-state index < -0.39 is 5.41 Å². The van der Waals surface area contributed by atoms with E-state index in [9.17, 15) is 9.59 Å². The number of piperidine rings is 1. The van der Waals surface area contributed by atoms with Gasteiger partial charge in [0.1, 0.15) is 5.75 Å². The summed E-state index contributed by atoms with van der Waals surface area (Å²) >= 11 is 0. The highest BCUT2D eigenvalue weighted by molar-refractivity contribution is 5.93. The van der Waals surface area contributed by atoms with Gasteiger partial charge in [-0.2, -0.15) is 0 Å². The molecule has 1 saturated heterocycles. The van der Waals surface area contributed by atoms with Gasteiger partial charge < -0.3 is 15.0 Å².